The van der Waals surface area contributed by atoms with E-state index in [1.807, 2.05) is 18.2 Å². The van der Waals surface area contributed by atoms with Gasteiger partial charge in [-0.05, 0) is 61.4 Å². The number of nitrogens with one attached hydrogen (secondary N) is 2. The van der Waals surface area contributed by atoms with Crippen LogP contribution in [0, 0.1) is 5.41 Å². The van der Waals surface area contributed by atoms with Gasteiger partial charge in [-0.15, -0.1) is 0 Å². The Balaban J connectivity index is 1.34. The first kappa shape index (κ1) is 19.1. The standard InChI is InChI=1S/C21H28N4O3/c22-13-21(6-1-7-21)8-9-23-11-14-2-3-16-15(10-14)12-25(20(16)28)17-4-5-18(26)24-19(17)27/h2-3,10,17,23H,1,4-9,11-13,22H2,(H,24,26,27). The maximum Gasteiger partial charge on any atom is 0.255 e. The van der Waals surface area contributed by atoms with Crippen molar-refractivity contribution in [3.05, 3.63) is 34.9 Å². The van der Waals surface area contributed by atoms with E-state index in [0.29, 0.717) is 23.9 Å². The molecule has 28 heavy (non-hydrogen) atoms. The molecule has 1 atom stereocenters. The van der Waals surface area contributed by atoms with E-state index in [2.05, 4.69) is 10.6 Å². The summed E-state index contributed by atoms with van der Waals surface area (Å²) in [6, 6.07) is 5.32. The summed E-state index contributed by atoms with van der Waals surface area (Å²) in [5.41, 5.74) is 9.00. The molecular formula is C21H28N4O3. The Morgan fingerprint density at radius 2 is 2.07 bits per heavy atom. The van der Waals surface area contributed by atoms with Crippen LogP contribution in [0.2, 0.25) is 0 Å². The van der Waals surface area contributed by atoms with Gasteiger partial charge in [0.2, 0.25) is 11.8 Å². The van der Waals surface area contributed by atoms with Gasteiger partial charge in [0.15, 0.2) is 0 Å². The second-order valence-corrected chi connectivity index (χ2v) is 8.38. The summed E-state index contributed by atoms with van der Waals surface area (Å²) in [5, 5.41) is 5.83. The van der Waals surface area contributed by atoms with E-state index in [9.17, 15) is 14.4 Å². The molecule has 3 aliphatic rings. The van der Waals surface area contributed by atoms with E-state index in [-0.39, 0.29) is 24.1 Å². The lowest BCUT2D eigenvalue weighted by Crippen LogP contribution is -2.52. The number of carbonyl (C=O) groups excluding carboxylic acids is 3. The van der Waals surface area contributed by atoms with Crippen LogP contribution in [-0.4, -0.2) is 41.8 Å². The van der Waals surface area contributed by atoms with Crippen LogP contribution < -0.4 is 16.4 Å². The summed E-state index contributed by atoms with van der Waals surface area (Å²) in [4.78, 5) is 37.8. The minimum atomic E-state index is -0.561. The van der Waals surface area contributed by atoms with Crippen molar-refractivity contribution in [1.82, 2.24) is 15.5 Å². The Kier molecular flexibility index (Phi) is 5.21. The number of imide groups is 1. The molecular weight excluding hydrogens is 356 g/mol. The number of nitrogens with zero attached hydrogens (tertiary/aromatic N) is 1. The van der Waals surface area contributed by atoms with Gasteiger partial charge >= 0.3 is 0 Å². The van der Waals surface area contributed by atoms with E-state index in [1.54, 1.807) is 4.90 Å². The Morgan fingerprint density at radius 1 is 1.25 bits per heavy atom. The number of rotatable bonds is 7. The van der Waals surface area contributed by atoms with Crippen molar-refractivity contribution in [1.29, 1.82) is 0 Å². The highest BCUT2D eigenvalue weighted by atomic mass is 16.2. The van der Waals surface area contributed by atoms with Crippen LogP contribution in [0.25, 0.3) is 0 Å². The predicted octanol–water partition coefficient (Wildman–Crippen LogP) is 1.06. The van der Waals surface area contributed by atoms with Crippen molar-refractivity contribution in [2.45, 2.75) is 57.7 Å². The van der Waals surface area contributed by atoms with Crippen molar-refractivity contribution >= 4 is 17.7 Å². The van der Waals surface area contributed by atoms with Gasteiger partial charge < -0.3 is 16.0 Å². The Bertz CT molecular complexity index is 797. The molecule has 0 spiro atoms. The Labute approximate surface area is 165 Å². The lowest BCUT2D eigenvalue weighted by molar-refractivity contribution is -0.136. The Morgan fingerprint density at radius 3 is 2.75 bits per heavy atom. The largest absolute Gasteiger partial charge is 0.330 e. The average Bonchev–Trinajstić information content (AvgIpc) is 2.96. The molecule has 7 nitrogen and oxygen atoms in total. The number of carbonyl (C=O) groups is 3. The van der Waals surface area contributed by atoms with Crippen LogP contribution in [0.15, 0.2) is 18.2 Å². The minimum absolute atomic E-state index is 0.126. The Hall–Kier alpha value is -2.25. The van der Waals surface area contributed by atoms with Crippen molar-refractivity contribution in [3.8, 4) is 0 Å². The third kappa shape index (κ3) is 3.56. The van der Waals surface area contributed by atoms with Gasteiger partial charge in [-0.1, -0.05) is 18.6 Å². The molecule has 0 bridgehead atoms. The summed E-state index contributed by atoms with van der Waals surface area (Å²) < 4.78 is 0. The van der Waals surface area contributed by atoms with E-state index < -0.39 is 6.04 Å². The fourth-order valence-electron chi connectivity index (χ4n) is 4.56. The van der Waals surface area contributed by atoms with Crippen LogP contribution in [0.3, 0.4) is 0 Å². The van der Waals surface area contributed by atoms with Crippen LogP contribution in [-0.2, 0) is 22.7 Å². The van der Waals surface area contributed by atoms with Crippen LogP contribution in [0.1, 0.15) is 60.0 Å². The minimum Gasteiger partial charge on any atom is -0.330 e. The highest BCUT2D eigenvalue weighted by molar-refractivity contribution is 6.05. The van der Waals surface area contributed by atoms with Crippen molar-refractivity contribution < 1.29 is 14.4 Å². The number of hydrogen-bond acceptors (Lipinski definition) is 5. The van der Waals surface area contributed by atoms with Gasteiger partial charge in [0.25, 0.3) is 5.91 Å². The molecule has 150 valence electrons. The van der Waals surface area contributed by atoms with Crippen molar-refractivity contribution in [3.63, 3.8) is 0 Å². The molecule has 7 heteroatoms. The highest BCUT2D eigenvalue weighted by Gasteiger charge is 2.39. The summed E-state index contributed by atoms with van der Waals surface area (Å²) in [6.45, 7) is 2.88. The van der Waals surface area contributed by atoms with Gasteiger partial charge in [0.1, 0.15) is 6.04 Å². The molecule has 1 aliphatic carbocycles. The predicted molar refractivity (Wildman–Crippen MR) is 104 cm³/mol. The molecule has 1 aromatic carbocycles. The van der Waals surface area contributed by atoms with E-state index in [1.165, 1.54) is 19.3 Å². The third-order valence-electron chi connectivity index (χ3n) is 6.60. The molecule has 2 heterocycles. The van der Waals surface area contributed by atoms with E-state index in [4.69, 9.17) is 5.73 Å². The molecule has 2 fully saturated rings. The van der Waals surface area contributed by atoms with Crippen LogP contribution in [0.5, 0.6) is 0 Å². The van der Waals surface area contributed by atoms with Crippen molar-refractivity contribution in [2.75, 3.05) is 13.1 Å². The SMILES string of the molecule is NCC1(CCNCc2ccc3c(c2)CN(C2CCC(=O)NC2=O)C3=O)CCC1. The lowest BCUT2D eigenvalue weighted by Gasteiger charge is -2.41. The zero-order valence-electron chi connectivity index (χ0n) is 16.1. The van der Waals surface area contributed by atoms with Gasteiger partial charge in [-0.2, -0.15) is 0 Å². The fourth-order valence-corrected chi connectivity index (χ4v) is 4.56. The first-order valence-electron chi connectivity index (χ1n) is 10.2. The summed E-state index contributed by atoms with van der Waals surface area (Å²) in [5.74, 6) is -0.764. The normalized spacial score (nSPS) is 23.4. The molecule has 0 aromatic heterocycles. The zero-order valence-corrected chi connectivity index (χ0v) is 16.1. The van der Waals surface area contributed by atoms with E-state index >= 15 is 0 Å². The number of nitrogens with two attached hydrogens (primary N) is 1. The summed E-state index contributed by atoms with van der Waals surface area (Å²) in [6.07, 6.45) is 5.54. The summed E-state index contributed by atoms with van der Waals surface area (Å²) in [7, 11) is 0. The molecule has 1 aromatic rings. The smallest absolute Gasteiger partial charge is 0.255 e. The zero-order chi connectivity index (χ0) is 19.7. The summed E-state index contributed by atoms with van der Waals surface area (Å²) >= 11 is 0. The van der Waals surface area contributed by atoms with E-state index in [0.717, 1.165) is 37.2 Å². The first-order chi connectivity index (χ1) is 13.5. The van der Waals surface area contributed by atoms with Crippen LogP contribution in [0.4, 0.5) is 0 Å². The fraction of sp³-hybridized carbons (Fsp3) is 0.571. The average molecular weight is 384 g/mol. The molecule has 4 N–H and O–H groups in total. The maximum absolute atomic E-state index is 12.7. The maximum atomic E-state index is 12.7. The van der Waals surface area contributed by atoms with Gasteiger partial charge in [-0.3, -0.25) is 19.7 Å². The molecule has 1 saturated carbocycles. The number of amides is 3. The molecule has 2 aliphatic heterocycles. The third-order valence-corrected chi connectivity index (χ3v) is 6.60. The quantitative estimate of drug-likeness (QED) is 0.482. The monoisotopic (exact) mass is 384 g/mol. The van der Waals surface area contributed by atoms with Crippen LogP contribution >= 0.6 is 0 Å². The molecule has 0 radical (unpaired) electrons. The number of hydrogen-bond donors (Lipinski definition) is 3. The highest BCUT2D eigenvalue weighted by Crippen LogP contribution is 2.42. The van der Waals surface area contributed by atoms with Gasteiger partial charge in [0, 0.05) is 25.1 Å². The van der Waals surface area contributed by atoms with Gasteiger partial charge in [-0.25, -0.2) is 0 Å². The number of fused-ring (bicyclic) bond motifs is 1. The molecule has 1 unspecified atom stereocenters. The molecule has 3 amide bonds. The second kappa shape index (κ2) is 7.64. The first-order valence-corrected chi connectivity index (χ1v) is 10.2. The van der Waals surface area contributed by atoms with Gasteiger partial charge in [0.05, 0.1) is 0 Å². The molecule has 1 saturated heterocycles. The molecule has 4 rings (SSSR count). The van der Waals surface area contributed by atoms with Crippen molar-refractivity contribution in [2.24, 2.45) is 11.1 Å². The second-order valence-electron chi connectivity index (χ2n) is 8.38. The lowest BCUT2D eigenvalue weighted by atomic mass is 9.67. The topological polar surface area (TPSA) is 105 Å². The number of benzene rings is 1. The number of piperidine rings is 1.